The normalized spacial score (nSPS) is 14.6. The standard InChI is InChI=1S/C19H15N5O2S3/c1-10-16(28-11(2)21-10)17-22-23-19(26-17)27-9-14(25)12(8-20)18-24(3)13-6-4-5-7-15(13)29-18/h4-7H,9H2,1-3H3/b18-12-. The number of ketones is 1. The van der Waals surface area contributed by atoms with Crippen LogP contribution < -0.4 is 4.90 Å². The number of allylic oxidation sites excluding steroid dienone is 1. The zero-order valence-electron chi connectivity index (χ0n) is 15.8. The average Bonchev–Trinajstić information content (AvgIpc) is 3.39. The van der Waals surface area contributed by atoms with Gasteiger partial charge in [-0.25, -0.2) is 4.98 Å². The van der Waals surface area contributed by atoms with Crippen LogP contribution in [0.4, 0.5) is 5.69 Å². The van der Waals surface area contributed by atoms with E-state index in [1.807, 2.05) is 50.1 Å². The molecule has 10 heteroatoms. The number of hydrogen-bond acceptors (Lipinski definition) is 10. The van der Waals surface area contributed by atoms with Gasteiger partial charge in [0.2, 0.25) is 0 Å². The van der Waals surface area contributed by atoms with Crippen molar-refractivity contribution in [1.29, 1.82) is 5.26 Å². The lowest BCUT2D eigenvalue weighted by Gasteiger charge is -2.14. The summed E-state index contributed by atoms with van der Waals surface area (Å²) in [6, 6.07) is 9.87. The van der Waals surface area contributed by atoms with Crippen molar-refractivity contribution in [2.45, 2.75) is 24.0 Å². The Bertz CT molecular complexity index is 1170. The van der Waals surface area contributed by atoms with Crippen molar-refractivity contribution in [3.05, 3.63) is 45.6 Å². The van der Waals surface area contributed by atoms with Crippen molar-refractivity contribution in [2.24, 2.45) is 0 Å². The Morgan fingerprint density at radius 1 is 1.31 bits per heavy atom. The molecular weight excluding hydrogens is 426 g/mol. The van der Waals surface area contributed by atoms with Gasteiger partial charge in [0.05, 0.1) is 22.1 Å². The first kappa shape index (κ1) is 19.7. The largest absolute Gasteiger partial charge is 0.410 e. The molecule has 0 radical (unpaired) electrons. The van der Waals surface area contributed by atoms with E-state index in [1.54, 1.807) is 0 Å². The number of anilines is 1. The number of aromatic nitrogens is 3. The molecule has 0 atom stereocenters. The zero-order chi connectivity index (χ0) is 20.5. The van der Waals surface area contributed by atoms with Crippen molar-refractivity contribution in [1.82, 2.24) is 15.2 Å². The maximum atomic E-state index is 12.7. The molecule has 0 spiro atoms. The number of nitriles is 1. The smallest absolute Gasteiger partial charge is 0.277 e. The molecule has 3 heterocycles. The molecule has 3 aromatic rings. The molecule has 146 valence electrons. The molecule has 2 aromatic heterocycles. The minimum Gasteiger partial charge on any atom is -0.410 e. The summed E-state index contributed by atoms with van der Waals surface area (Å²) in [5.74, 6) is 0.159. The summed E-state index contributed by atoms with van der Waals surface area (Å²) >= 11 is 4.04. The minimum absolute atomic E-state index is 0.0411. The molecule has 0 bridgehead atoms. The lowest BCUT2D eigenvalue weighted by atomic mass is 10.2. The first-order valence-electron chi connectivity index (χ1n) is 8.57. The van der Waals surface area contributed by atoms with Crippen LogP contribution in [0.3, 0.4) is 0 Å². The number of aryl methyl sites for hydroxylation is 2. The Morgan fingerprint density at radius 3 is 2.79 bits per heavy atom. The van der Waals surface area contributed by atoms with Gasteiger partial charge in [0.25, 0.3) is 11.1 Å². The minimum atomic E-state index is -0.274. The summed E-state index contributed by atoms with van der Waals surface area (Å²) < 4.78 is 5.67. The number of nitrogens with zero attached hydrogens (tertiary/aromatic N) is 5. The van der Waals surface area contributed by atoms with E-state index < -0.39 is 0 Å². The van der Waals surface area contributed by atoms with Crippen LogP contribution in [0.25, 0.3) is 10.8 Å². The summed E-state index contributed by atoms with van der Waals surface area (Å²) in [4.78, 5) is 20.8. The summed E-state index contributed by atoms with van der Waals surface area (Å²) in [7, 11) is 1.86. The summed E-state index contributed by atoms with van der Waals surface area (Å²) in [6.07, 6.45) is 0. The van der Waals surface area contributed by atoms with Crippen LogP contribution >= 0.6 is 34.9 Å². The summed E-state index contributed by atoms with van der Waals surface area (Å²) in [6.45, 7) is 3.80. The van der Waals surface area contributed by atoms with E-state index in [2.05, 4.69) is 21.3 Å². The highest BCUT2D eigenvalue weighted by Crippen LogP contribution is 2.46. The first-order valence-corrected chi connectivity index (χ1v) is 11.2. The molecule has 4 rings (SSSR count). The Morgan fingerprint density at radius 2 is 2.10 bits per heavy atom. The molecule has 29 heavy (non-hydrogen) atoms. The van der Waals surface area contributed by atoms with Crippen molar-refractivity contribution in [3.8, 4) is 16.8 Å². The van der Waals surface area contributed by atoms with E-state index in [9.17, 15) is 10.1 Å². The van der Waals surface area contributed by atoms with Gasteiger partial charge in [-0.2, -0.15) is 5.26 Å². The third-order valence-electron chi connectivity index (χ3n) is 4.17. The van der Waals surface area contributed by atoms with Crippen LogP contribution in [0.2, 0.25) is 0 Å². The fourth-order valence-corrected chi connectivity index (χ4v) is 5.48. The predicted octanol–water partition coefficient (Wildman–Crippen LogP) is 4.45. The molecule has 0 N–H and O–H groups in total. The maximum Gasteiger partial charge on any atom is 0.277 e. The molecular formula is C19H15N5O2S3. The molecule has 7 nitrogen and oxygen atoms in total. The molecule has 0 fully saturated rings. The van der Waals surface area contributed by atoms with Crippen LogP contribution in [-0.4, -0.2) is 33.8 Å². The molecule has 1 aliphatic heterocycles. The van der Waals surface area contributed by atoms with Crippen molar-refractivity contribution >= 4 is 46.3 Å². The Kier molecular flexibility index (Phi) is 5.45. The third-order valence-corrected chi connectivity index (χ3v) is 7.29. The predicted molar refractivity (Wildman–Crippen MR) is 114 cm³/mol. The molecule has 0 saturated carbocycles. The number of thiazole rings is 1. The van der Waals surface area contributed by atoms with Gasteiger partial charge in [-0.15, -0.1) is 21.5 Å². The lowest BCUT2D eigenvalue weighted by Crippen LogP contribution is -2.16. The van der Waals surface area contributed by atoms with Gasteiger partial charge < -0.3 is 9.32 Å². The van der Waals surface area contributed by atoms with Crippen LogP contribution in [0.15, 0.2) is 49.4 Å². The molecule has 0 amide bonds. The number of thioether (sulfide) groups is 2. The van der Waals surface area contributed by atoms with Gasteiger partial charge in [0.15, 0.2) is 5.78 Å². The van der Waals surface area contributed by atoms with E-state index in [0.717, 1.165) is 37.9 Å². The fourth-order valence-electron chi connectivity index (χ4n) is 2.84. The molecule has 0 saturated heterocycles. The van der Waals surface area contributed by atoms with Gasteiger partial charge in [-0.1, -0.05) is 35.7 Å². The maximum absolute atomic E-state index is 12.7. The van der Waals surface area contributed by atoms with Crippen LogP contribution in [0.5, 0.6) is 0 Å². The Balaban J connectivity index is 1.49. The Hall–Kier alpha value is -2.61. The second-order valence-corrected chi connectivity index (χ2v) is 9.31. The average molecular weight is 442 g/mol. The van der Waals surface area contributed by atoms with E-state index in [1.165, 1.54) is 23.1 Å². The highest BCUT2D eigenvalue weighted by atomic mass is 32.2. The second kappa shape index (κ2) is 8.02. The highest BCUT2D eigenvalue weighted by Gasteiger charge is 2.28. The first-order chi connectivity index (χ1) is 14.0. The van der Waals surface area contributed by atoms with Crippen LogP contribution in [-0.2, 0) is 4.79 Å². The topological polar surface area (TPSA) is 95.9 Å². The number of para-hydroxylation sites is 1. The van der Waals surface area contributed by atoms with Gasteiger partial charge >= 0.3 is 0 Å². The number of Topliss-reactive ketones (excluding diaryl/α,β-unsaturated/α-hetero) is 1. The number of hydrogen-bond donors (Lipinski definition) is 0. The third kappa shape index (κ3) is 3.81. The number of carbonyl (C=O) groups excluding carboxylic acids is 1. The lowest BCUT2D eigenvalue weighted by molar-refractivity contribution is -0.112. The fraction of sp³-hybridized carbons (Fsp3) is 0.211. The molecule has 1 aliphatic rings. The van der Waals surface area contributed by atoms with Crippen molar-refractivity contribution in [3.63, 3.8) is 0 Å². The van der Waals surface area contributed by atoms with Crippen molar-refractivity contribution in [2.75, 3.05) is 17.7 Å². The van der Waals surface area contributed by atoms with E-state index in [4.69, 9.17) is 4.42 Å². The van der Waals surface area contributed by atoms with Gasteiger partial charge in [0, 0.05) is 11.9 Å². The van der Waals surface area contributed by atoms with Crippen LogP contribution in [0, 0.1) is 25.2 Å². The van der Waals surface area contributed by atoms with Crippen LogP contribution in [0.1, 0.15) is 10.7 Å². The van der Waals surface area contributed by atoms with Crippen molar-refractivity contribution < 1.29 is 9.21 Å². The number of benzene rings is 1. The summed E-state index contributed by atoms with van der Waals surface area (Å²) in [5.41, 5.74) is 1.95. The van der Waals surface area contributed by atoms with Gasteiger partial charge in [-0.05, 0) is 26.0 Å². The summed E-state index contributed by atoms with van der Waals surface area (Å²) in [5, 5.41) is 19.5. The molecule has 0 aliphatic carbocycles. The number of rotatable bonds is 5. The second-order valence-electron chi connectivity index (χ2n) is 6.15. The van der Waals surface area contributed by atoms with Gasteiger partial charge in [-0.3, -0.25) is 4.79 Å². The number of carbonyl (C=O) groups is 1. The number of fused-ring (bicyclic) bond motifs is 1. The van der Waals surface area contributed by atoms with E-state index >= 15 is 0 Å². The quantitative estimate of drug-likeness (QED) is 0.323. The molecule has 1 aromatic carbocycles. The van der Waals surface area contributed by atoms with E-state index in [0.29, 0.717) is 10.9 Å². The Labute approximate surface area is 179 Å². The zero-order valence-corrected chi connectivity index (χ0v) is 18.2. The van der Waals surface area contributed by atoms with Gasteiger partial charge in [0.1, 0.15) is 21.5 Å². The SMILES string of the molecule is Cc1nc(C)c(-c2nnc(SCC(=O)/C(C#N)=C3\Sc4ccccc4N3C)o2)s1. The monoisotopic (exact) mass is 441 g/mol. The molecule has 0 unspecified atom stereocenters. The van der Waals surface area contributed by atoms with E-state index in [-0.39, 0.29) is 22.3 Å². The highest BCUT2D eigenvalue weighted by molar-refractivity contribution is 8.03.